The zero-order chi connectivity index (χ0) is 26.6. The fourth-order valence-corrected chi connectivity index (χ4v) is 2.64. The molecule has 0 saturated heterocycles. The molecule has 0 rings (SSSR count). The van der Waals surface area contributed by atoms with Gasteiger partial charge in [-0.2, -0.15) is 0 Å². The van der Waals surface area contributed by atoms with Gasteiger partial charge in [0, 0.05) is 0 Å². The Hall–Kier alpha value is -3.75. The summed E-state index contributed by atoms with van der Waals surface area (Å²) in [6.45, 7) is 4.01. The van der Waals surface area contributed by atoms with Crippen LogP contribution >= 0.6 is 0 Å². The monoisotopic (exact) mass is 488 g/mol. The number of rotatable bonds is 15. The Morgan fingerprint density at radius 2 is 1.29 bits per heavy atom. The van der Waals surface area contributed by atoms with Gasteiger partial charge < -0.3 is 42.9 Å². The number of carboxylic acid groups (broad SMARTS) is 2. The molecule has 192 valence electrons. The highest BCUT2D eigenvalue weighted by atomic mass is 16.4. The minimum atomic E-state index is -1.60. The Morgan fingerprint density at radius 1 is 0.735 bits per heavy atom. The van der Waals surface area contributed by atoms with Gasteiger partial charge in [0.25, 0.3) is 0 Å². The van der Waals surface area contributed by atoms with E-state index in [0.717, 1.165) is 0 Å². The van der Waals surface area contributed by atoms with E-state index in [1.807, 2.05) is 5.32 Å². The van der Waals surface area contributed by atoms with E-state index in [4.69, 9.17) is 21.7 Å². The molecule has 15 heteroatoms. The lowest BCUT2D eigenvalue weighted by Gasteiger charge is -2.25. The zero-order valence-electron chi connectivity index (χ0n) is 19.1. The van der Waals surface area contributed by atoms with Crippen molar-refractivity contribution in [2.24, 2.45) is 17.4 Å². The van der Waals surface area contributed by atoms with Crippen LogP contribution in [-0.4, -0.2) is 82.4 Å². The van der Waals surface area contributed by atoms with Crippen molar-refractivity contribution in [3.05, 3.63) is 0 Å². The Balaban J connectivity index is 5.33. The number of carbonyl (C=O) groups excluding carboxylic acids is 5. The summed E-state index contributed by atoms with van der Waals surface area (Å²) in [5.41, 5.74) is 10.5. The molecule has 0 aliphatic carbocycles. The van der Waals surface area contributed by atoms with Crippen LogP contribution in [0.25, 0.3) is 0 Å². The number of carboxylic acids is 2. The Kier molecular flexibility index (Phi) is 12.8. The van der Waals surface area contributed by atoms with Gasteiger partial charge in [-0.25, -0.2) is 0 Å². The third kappa shape index (κ3) is 12.3. The van der Waals surface area contributed by atoms with E-state index in [0.29, 0.717) is 0 Å². The van der Waals surface area contributed by atoms with Gasteiger partial charge in [-0.05, 0) is 19.3 Å². The SMILES string of the molecule is CC(C)C[C@H](NC(=O)[C@H](C)NC(=O)[C@@H](N)CC(N)=O)C(=O)N[C@@H](CC(=O)O)C(=O)NCC(=O)O. The molecule has 0 aliphatic heterocycles. The van der Waals surface area contributed by atoms with E-state index in [1.54, 1.807) is 13.8 Å². The molecule has 0 saturated carbocycles. The molecule has 5 amide bonds. The predicted octanol–water partition coefficient (Wildman–Crippen LogP) is -3.61. The number of nitrogens with one attached hydrogen (secondary N) is 4. The number of nitrogens with two attached hydrogens (primary N) is 2. The average molecular weight is 488 g/mol. The fourth-order valence-electron chi connectivity index (χ4n) is 2.64. The number of aliphatic carboxylic acids is 2. The maximum absolute atomic E-state index is 12.7. The van der Waals surface area contributed by atoms with Crippen LogP contribution in [0, 0.1) is 5.92 Å². The number of hydrogen-bond donors (Lipinski definition) is 8. The van der Waals surface area contributed by atoms with Crippen LogP contribution in [-0.2, 0) is 33.6 Å². The van der Waals surface area contributed by atoms with Crippen LogP contribution in [0.3, 0.4) is 0 Å². The van der Waals surface area contributed by atoms with E-state index < -0.39 is 85.0 Å². The lowest BCUT2D eigenvalue weighted by molar-refractivity contribution is -0.141. The Bertz CT molecular complexity index is 801. The van der Waals surface area contributed by atoms with E-state index in [2.05, 4.69) is 16.0 Å². The van der Waals surface area contributed by atoms with Crippen LogP contribution in [0.15, 0.2) is 0 Å². The summed E-state index contributed by atoms with van der Waals surface area (Å²) in [4.78, 5) is 82.0. The molecule has 0 aliphatic rings. The van der Waals surface area contributed by atoms with Crippen molar-refractivity contribution in [3.8, 4) is 0 Å². The molecule has 0 spiro atoms. The highest BCUT2D eigenvalue weighted by Crippen LogP contribution is 2.07. The smallest absolute Gasteiger partial charge is 0.322 e. The fraction of sp³-hybridized carbons (Fsp3) is 0.632. The van der Waals surface area contributed by atoms with Crippen molar-refractivity contribution >= 4 is 41.5 Å². The van der Waals surface area contributed by atoms with E-state index in [1.165, 1.54) is 6.92 Å². The van der Waals surface area contributed by atoms with E-state index in [-0.39, 0.29) is 12.3 Å². The molecular formula is C19H32N6O9. The first-order valence-corrected chi connectivity index (χ1v) is 10.3. The largest absolute Gasteiger partial charge is 0.481 e. The van der Waals surface area contributed by atoms with Gasteiger partial charge in [-0.15, -0.1) is 0 Å². The second-order valence-corrected chi connectivity index (χ2v) is 7.97. The Labute approximate surface area is 195 Å². The molecule has 0 fully saturated rings. The summed E-state index contributed by atoms with van der Waals surface area (Å²) in [5.74, 6) is -7.25. The molecule has 34 heavy (non-hydrogen) atoms. The molecular weight excluding hydrogens is 456 g/mol. The number of hydrogen-bond acceptors (Lipinski definition) is 8. The van der Waals surface area contributed by atoms with Crippen LogP contribution in [0.2, 0.25) is 0 Å². The predicted molar refractivity (Wildman–Crippen MR) is 116 cm³/mol. The normalized spacial score (nSPS) is 14.1. The molecule has 0 radical (unpaired) electrons. The van der Waals surface area contributed by atoms with Gasteiger partial charge in [0.2, 0.25) is 29.5 Å². The van der Waals surface area contributed by atoms with E-state index in [9.17, 15) is 33.6 Å². The molecule has 0 aromatic rings. The lowest BCUT2D eigenvalue weighted by atomic mass is 10.0. The number of carbonyl (C=O) groups is 7. The summed E-state index contributed by atoms with van der Waals surface area (Å²) >= 11 is 0. The minimum absolute atomic E-state index is 0.0932. The molecule has 0 bridgehead atoms. The van der Waals surface area contributed by atoms with Crippen LogP contribution in [0.1, 0.15) is 40.0 Å². The second-order valence-electron chi connectivity index (χ2n) is 7.97. The highest BCUT2D eigenvalue weighted by Gasteiger charge is 2.30. The zero-order valence-corrected chi connectivity index (χ0v) is 19.1. The van der Waals surface area contributed by atoms with Crippen LogP contribution in [0.4, 0.5) is 0 Å². The van der Waals surface area contributed by atoms with Crippen LogP contribution < -0.4 is 32.7 Å². The highest BCUT2D eigenvalue weighted by molar-refractivity contribution is 5.96. The first-order valence-electron chi connectivity index (χ1n) is 10.3. The van der Waals surface area contributed by atoms with Gasteiger partial charge in [0.05, 0.1) is 18.9 Å². The summed E-state index contributed by atoms with van der Waals surface area (Å²) in [7, 11) is 0. The number of amides is 5. The van der Waals surface area contributed by atoms with Gasteiger partial charge in [-0.1, -0.05) is 13.8 Å². The third-order valence-electron chi connectivity index (χ3n) is 4.28. The molecule has 0 aromatic heterocycles. The van der Waals surface area contributed by atoms with Crippen molar-refractivity contribution in [1.82, 2.24) is 21.3 Å². The number of primary amides is 1. The maximum atomic E-state index is 12.7. The van der Waals surface area contributed by atoms with Crippen molar-refractivity contribution in [3.63, 3.8) is 0 Å². The van der Waals surface area contributed by atoms with Crippen molar-refractivity contribution in [2.45, 2.75) is 64.2 Å². The molecule has 4 atom stereocenters. The summed E-state index contributed by atoms with van der Waals surface area (Å²) in [5, 5.41) is 26.5. The first-order chi connectivity index (χ1) is 15.6. The quantitative estimate of drug-likeness (QED) is 0.112. The van der Waals surface area contributed by atoms with E-state index >= 15 is 0 Å². The Morgan fingerprint density at radius 3 is 1.76 bits per heavy atom. The van der Waals surface area contributed by atoms with Crippen LogP contribution in [0.5, 0.6) is 0 Å². The first kappa shape index (κ1) is 30.2. The molecule has 10 N–H and O–H groups in total. The van der Waals surface area contributed by atoms with Crippen molar-refractivity contribution in [1.29, 1.82) is 0 Å². The molecule has 0 aromatic carbocycles. The summed E-state index contributed by atoms with van der Waals surface area (Å²) in [6, 6.07) is -5.25. The summed E-state index contributed by atoms with van der Waals surface area (Å²) in [6.07, 6.45) is -1.17. The molecule has 0 heterocycles. The van der Waals surface area contributed by atoms with Gasteiger partial charge in [0.15, 0.2) is 0 Å². The average Bonchev–Trinajstić information content (AvgIpc) is 2.69. The third-order valence-corrected chi connectivity index (χ3v) is 4.28. The maximum Gasteiger partial charge on any atom is 0.322 e. The van der Waals surface area contributed by atoms with Crippen molar-refractivity contribution < 1.29 is 43.8 Å². The van der Waals surface area contributed by atoms with Gasteiger partial charge >= 0.3 is 11.9 Å². The van der Waals surface area contributed by atoms with Gasteiger partial charge in [-0.3, -0.25) is 33.6 Å². The summed E-state index contributed by atoms with van der Waals surface area (Å²) < 4.78 is 0. The molecule has 0 unspecified atom stereocenters. The topological polar surface area (TPSA) is 260 Å². The second kappa shape index (κ2) is 14.4. The molecule has 15 nitrogen and oxygen atoms in total. The standard InChI is InChI=1S/C19H32N6O9/c1-8(2)4-11(24-16(31)9(3)23-17(32)10(20)5-13(21)26)19(34)25-12(6-14(27)28)18(33)22-7-15(29)30/h8-12H,4-7,20H2,1-3H3,(H2,21,26)(H,22,33)(H,23,32)(H,24,31)(H,25,34)(H,27,28)(H,29,30)/t9-,10-,11-,12-/m0/s1. The lowest BCUT2D eigenvalue weighted by Crippen LogP contribution is -2.58. The minimum Gasteiger partial charge on any atom is -0.481 e. The van der Waals surface area contributed by atoms with Gasteiger partial charge in [0.1, 0.15) is 24.7 Å². The van der Waals surface area contributed by atoms with Crippen molar-refractivity contribution in [2.75, 3.05) is 6.54 Å².